The van der Waals surface area contributed by atoms with Gasteiger partial charge in [-0.05, 0) is 33.6 Å². The first-order valence-electron chi connectivity index (χ1n) is 9.87. The van der Waals surface area contributed by atoms with E-state index in [1.54, 1.807) is 0 Å². The molecule has 2 aromatic heterocycles. The van der Waals surface area contributed by atoms with Crippen molar-refractivity contribution in [1.82, 2.24) is 19.5 Å². The molecule has 33 heavy (non-hydrogen) atoms. The Labute approximate surface area is 195 Å². The number of imidazole rings is 1. The van der Waals surface area contributed by atoms with Crippen LogP contribution < -0.4 is 21.6 Å². The number of nitrogens with two attached hydrogens (primary N) is 1. The van der Waals surface area contributed by atoms with E-state index in [0.29, 0.717) is 0 Å². The normalized spacial score (nSPS) is 23.0. The monoisotopic (exact) mass is 522 g/mol. The van der Waals surface area contributed by atoms with Crippen LogP contribution >= 0.6 is 15.9 Å². The Kier molecular flexibility index (Phi) is 6.36. The summed E-state index contributed by atoms with van der Waals surface area (Å²) < 4.78 is 7.75. The first-order valence-corrected chi connectivity index (χ1v) is 10.7. The predicted molar refractivity (Wildman–Crippen MR) is 125 cm³/mol. The molecule has 0 bridgehead atoms. The zero-order valence-electron chi connectivity index (χ0n) is 17.7. The number of H-pyrrole nitrogens is 1. The van der Waals surface area contributed by atoms with Crippen LogP contribution in [0.3, 0.4) is 0 Å². The number of aromatic nitrogens is 4. The van der Waals surface area contributed by atoms with Gasteiger partial charge in [0.25, 0.3) is 5.56 Å². The number of aliphatic hydroxyl groups excluding tert-OH is 3. The minimum atomic E-state index is -1.43. The van der Waals surface area contributed by atoms with E-state index in [0.717, 1.165) is 15.7 Å². The molecule has 0 aliphatic carbocycles. The quantitative estimate of drug-likeness (QED) is 0.183. The van der Waals surface area contributed by atoms with Gasteiger partial charge in [-0.3, -0.25) is 14.3 Å². The van der Waals surface area contributed by atoms with Crippen molar-refractivity contribution in [2.75, 3.05) is 36.8 Å². The van der Waals surface area contributed by atoms with Gasteiger partial charge in [0, 0.05) is 18.6 Å². The number of nitrogens with one attached hydrogen (secondary N) is 2. The van der Waals surface area contributed by atoms with Crippen molar-refractivity contribution in [2.24, 2.45) is 5.10 Å². The summed E-state index contributed by atoms with van der Waals surface area (Å²) in [4.78, 5) is 25.0. The molecule has 1 fully saturated rings. The average molecular weight is 523 g/mol. The second-order valence-electron chi connectivity index (χ2n) is 7.63. The van der Waals surface area contributed by atoms with Crippen molar-refractivity contribution in [3.8, 4) is 0 Å². The van der Waals surface area contributed by atoms with Crippen LogP contribution in [0.2, 0.25) is 0 Å². The number of hydrogen-bond donors (Lipinski definition) is 6. The van der Waals surface area contributed by atoms with Crippen LogP contribution in [0.1, 0.15) is 11.8 Å². The Morgan fingerprint density at radius 3 is 2.76 bits per heavy atom. The number of fused-ring (bicyclic) bond motifs is 1. The van der Waals surface area contributed by atoms with E-state index in [-0.39, 0.29) is 23.1 Å². The zero-order valence-corrected chi connectivity index (χ0v) is 19.3. The maximum absolute atomic E-state index is 12.3. The standard InChI is InChI=1S/C19H23BrN8O5/c1-27(2)10-4-3-8(5-9(10)20)6-22-26-19-23-12-15(24-18(21)25-16(12)32)28(19)17-14(31)13(30)11(7-29)33-17/h3-6,11,13-14,17,29-31H,7H2,1-2H3,(H,23,26)(H3,21,24,25,32)/b22-6-/t11-,13+,14-,17-/m0/s1. The van der Waals surface area contributed by atoms with Gasteiger partial charge in [0.15, 0.2) is 17.4 Å². The van der Waals surface area contributed by atoms with Gasteiger partial charge in [0.05, 0.1) is 18.5 Å². The maximum Gasteiger partial charge on any atom is 0.280 e. The highest BCUT2D eigenvalue weighted by Crippen LogP contribution is 2.34. The van der Waals surface area contributed by atoms with Crippen LogP contribution in [0, 0.1) is 0 Å². The summed E-state index contributed by atoms with van der Waals surface area (Å²) in [5.41, 5.74) is 9.52. The summed E-state index contributed by atoms with van der Waals surface area (Å²) >= 11 is 3.52. The number of halogens is 1. The minimum Gasteiger partial charge on any atom is -0.394 e. The molecule has 176 valence electrons. The minimum absolute atomic E-state index is 0.0156. The number of aromatic amines is 1. The van der Waals surface area contributed by atoms with Crippen molar-refractivity contribution in [3.63, 3.8) is 0 Å². The molecule has 4 rings (SSSR count). The molecule has 1 aliphatic heterocycles. The fourth-order valence-electron chi connectivity index (χ4n) is 3.54. The molecule has 0 amide bonds. The molecule has 7 N–H and O–H groups in total. The molecule has 4 atom stereocenters. The van der Waals surface area contributed by atoms with Gasteiger partial charge >= 0.3 is 0 Å². The van der Waals surface area contributed by atoms with Crippen molar-refractivity contribution in [3.05, 3.63) is 38.6 Å². The molecule has 0 saturated carbocycles. The summed E-state index contributed by atoms with van der Waals surface area (Å²) in [6.07, 6.45) is -3.49. The van der Waals surface area contributed by atoms with Crippen molar-refractivity contribution >= 4 is 50.9 Å². The van der Waals surface area contributed by atoms with E-state index < -0.39 is 36.7 Å². The lowest BCUT2D eigenvalue weighted by molar-refractivity contribution is -0.0501. The third-order valence-corrected chi connectivity index (χ3v) is 5.81. The molecule has 1 aliphatic rings. The molecule has 1 saturated heterocycles. The smallest absolute Gasteiger partial charge is 0.280 e. The van der Waals surface area contributed by atoms with Gasteiger partial charge < -0.3 is 30.7 Å². The van der Waals surface area contributed by atoms with Gasteiger partial charge in [0.2, 0.25) is 11.9 Å². The number of rotatable bonds is 6. The first-order chi connectivity index (χ1) is 15.7. The zero-order chi connectivity index (χ0) is 23.9. The lowest BCUT2D eigenvalue weighted by Crippen LogP contribution is -2.33. The number of anilines is 3. The average Bonchev–Trinajstić information content (AvgIpc) is 3.25. The molecule has 0 spiro atoms. The van der Waals surface area contributed by atoms with Gasteiger partial charge in [0.1, 0.15) is 18.3 Å². The molecule has 13 nitrogen and oxygen atoms in total. The number of benzene rings is 1. The fourth-order valence-corrected chi connectivity index (χ4v) is 4.30. The van der Waals surface area contributed by atoms with Crippen LogP contribution in [0.5, 0.6) is 0 Å². The Morgan fingerprint density at radius 1 is 1.36 bits per heavy atom. The van der Waals surface area contributed by atoms with E-state index in [2.05, 4.69) is 41.4 Å². The summed E-state index contributed by atoms with van der Waals surface area (Å²) in [5.74, 6) is -0.148. The van der Waals surface area contributed by atoms with Crippen LogP contribution in [-0.4, -0.2) is 80.1 Å². The molecular formula is C19H23BrN8O5. The lowest BCUT2D eigenvalue weighted by Gasteiger charge is -2.18. The van der Waals surface area contributed by atoms with Gasteiger partial charge in [-0.2, -0.15) is 10.1 Å². The molecule has 3 aromatic rings. The van der Waals surface area contributed by atoms with Gasteiger partial charge in [-0.25, -0.2) is 10.4 Å². The van der Waals surface area contributed by atoms with Crippen molar-refractivity contribution < 1.29 is 20.1 Å². The number of ether oxygens (including phenoxy) is 1. The third-order valence-electron chi connectivity index (χ3n) is 5.17. The van der Waals surface area contributed by atoms with Crippen LogP contribution in [-0.2, 0) is 4.74 Å². The summed E-state index contributed by atoms with van der Waals surface area (Å²) in [5, 5.41) is 34.3. The summed E-state index contributed by atoms with van der Waals surface area (Å²) in [6.45, 7) is -0.518. The van der Waals surface area contributed by atoms with E-state index in [1.807, 2.05) is 37.2 Å². The SMILES string of the molecule is CN(C)c1ccc(/C=N\Nc2nc3c(=O)[nH]c(N)nc3n2[C@H]2O[C@@H](CO)[C@@H](O)[C@@H]2O)cc1Br. The maximum atomic E-state index is 12.3. The molecule has 0 unspecified atom stereocenters. The second kappa shape index (κ2) is 9.07. The van der Waals surface area contributed by atoms with Crippen molar-refractivity contribution in [2.45, 2.75) is 24.5 Å². The Morgan fingerprint density at radius 2 is 2.12 bits per heavy atom. The highest BCUT2D eigenvalue weighted by Gasteiger charge is 2.45. The molecule has 1 aromatic carbocycles. The largest absolute Gasteiger partial charge is 0.394 e. The molecule has 3 heterocycles. The summed E-state index contributed by atoms with van der Waals surface area (Å²) in [7, 11) is 3.86. The predicted octanol–water partition coefficient (Wildman–Crippen LogP) is -0.412. The van der Waals surface area contributed by atoms with Crippen LogP contribution in [0.15, 0.2) is 32.6 Å². The Hall–Kier alpha value is -3.04. The fraction of sp³-hybridized carbons (Fsp3) is 0.368. The molecule has 0 radical (unpaired) electrons. The highest BCUT2D eigenvalue weighted by atomic mass is 79.9. The van der Waals surface area contributed by atoms with Gasteiger partial charge in [-0.15, -0.1) is 0 Å². The number of nitrogen functional groups attached to an aromatic ring is 1. The van der Waals surface area contributed by atoms with Crippen LogP contribution in [0.4, 0.5) is 17.6 Å². The molecule has 14 heteroatoms. The first kappa shape index (κ1) is 23.1. The van der Waals surface area contributed by atoms with E-state index in [4.69, 9.17) is 10.5 Å². The number of hydrogen-bond acceptors (Lipinski definition) is 11. The van der Waals surface area contributed by atoms with E-state index >= 15 is 0 Å². The van der Waals surface area contributed by atoms with Gasteiger partial charge in [-0.1, -0.05) is 6.07 Å². The number of hydrazone groups is 1. The highest BCUT2D eigenvalue weighted by molar-refractivity contribution is 9.10. The third kappa shape index (κ3) is 4.30. The Balaban J connectivity index is 1.71. The topological polar surface area (TPSA) is 187 Å². The number of aliphatic hydroxyl groups is 3. The van der Waals surface area contributed by atoms with E-state index in [9.17, 15) is 20.1 Å². The van der Waals surface area contributed by atoms with Crippen molar-refractivity contribution in [1.29, 1.82) is 0 Å². The Bertz CT molecular complexity index is 1260. The lowest BCUT2D eigenvalue weighted by atomic mass is 10.1. The van der Waals surface area contributed by atoms with E-state index in [1.165, 1.54) is 10.8 Å². The van der Waals surface area contributed by atoms with Crippen LogP contribution in [0.25, 0.3) is 11.2 Å². The molecular weight excluding hydrogens is 500 g/mol. The number of nitrogens with zero attached hydrogens (tertiary/aromatic N) is 5. The summed E-state index contributed by atoms with van der Waals surface area (Å²) in [6, 6.07) is 5.67. The second-order valence-corrected chi connectivity index (χ2v) is 8.49.